The first-order valence-corrected chi connectivity index (χ1v) is 16.7. The van der Waals surface area contributed by atoms with Crippen LogP contribution in [-0.4, -0.2) is 57.5 Å². The molecule has 7 rings (SSSR count). The summed E-state index contributed by atoms with van der Waals surface area (Å²) in [5, 5.41) is 10.5. The predicted octanol–water partition coefficient (Wildman–Crippen LogP) is 8.33. The van der Waals surface area contributed by atoms with Crippen molar-refractivity contribution in [2.45, 2.75) is 91.1 Å². The van der Waals surface area contributed by atoms with E-state index in [9.17, 15) is 9.90 Å². The van der Waals surface area contributed by atoms with Crippen molar-refractivity contribution in [3.8, 4) is 28.1 Å². The predicted molar refractivity (Wildman–Crippen MR) is 186 cm³/mol. The van der Waals surface area contributed by atoms with E-state index in [2.05, 4.69) is 84.7 Å². The molecule has 2 atom stereocenters. The Balaban J connectivity index is 1.55. The highest BCUT2D eigenvalue weighted by molar-refractivity contribution is 5.80. The van der Waals surface area contributed by atoms with Gasteiger partial charge in [-0.25, -0.2) is 9.78 Å². The first kappa shape index (κ1) is 32.8. The van der Waals surface area contributed by atoms with Gasteiger partial charge >= 0.3 is 5.97 Å². The van der Waals surface area contributed by atoms with Crippen molar-refractivity contribution in [1.29, 1.82) is 0 Å². The maximum absolute atomic E-state index is 12.8. The largest absolute Gasteiger partial charge is 0.490 e. The summed E-state index contributed by atoms with van der Waals surface area (Å²) in [6, 6.07) is 16.7. The number of ether oxygens (including phenoxy) is 3. The summed E-state index contributed by atoms with van der Waals surface area (Å²) in [4.78, 5) is 20.2. The number of hydrogen-bond acceptors (Lipinski definition) is 6. The molecule has 5 heterocycles. The first-order valence-electron chi connectivity index (χ1n) is 16.7. The van der Waals surface area contributed by atoms with Crippen molar-refractivity contribution in [3.63, 3.8) is 0 Å². The van der Waals surface area contributed by atoms with Crippen LogP contribution in [0.2, 0.25) is 0 Å². The number of carbonyl (C=O) groups is 1. The topological polar surface area (TPSA) is 85.5 Å². The molecule has 4 aromatic rings. The minimum absolute atomic E-state index is 0.00787. The van der Waals surface area contributed by atoms with Gasteiger partial charge in [-0.15, -0.1) is 0 Å². The van der Waals surface area contributed by atoms with Crippen LogP contribution in [0.4, 0.5) is 5.82 Å². The fraction of sp³-hybridized carbons (Fsp3) is 0.436. The number of pyridine rings is 1. The second kappa shape index (κ2) is 12.8. The fourth-order valence-corrected chi connectivity index (χ4v) is 6.64. The number of carboxylic acids is 1. The van der Waals surface area contributed by atoms with Gasteiger partial charge in [0, 0.05) is 42.4 Å². The third-order valence-corrected chi connectivity index (χ3v) is 9.15. The van der Waals surface area contributed by atoms with E-state index in [1.165, 1.54) is 0 Å². The van der Waals surface area contributed by atoms with Gasteiger partial charge in [0.1, 0.15) is 17.2 Å². The molecule has 3 aliphatic rings. The van der Waals surface area contributed by atoms with Crippen molar-refractivity contribution in [2.75, 3.05) is 24.6 Å². The van der Waals surface area contributed by atoms with Crippen LogP contribution < -0.4 is 9.64 Å². The Morgan fingerprint density at radius 2 is 1.81 bits per heavy atom. The highest BCUT2D eigenvalue weighted by atomic mass is 16.5. The summed E-state index contributed by atoms with van der Waals surface area (Å²) >= 11 is 0. The molecule has 2 aromatic carbocycles. The maximum Gasteiger partial charge on any atom is 0.337 e. The Labute approximate surface area is 278 Å². The smallest absolute Gasteiger partial charge is 0.337 e. The van der Waals surface area contributed by atoms with Gasteiger partial charge in [0.25, 0.3) is 0 Å². The van der Waals surface area contributed by atoms with Crippen molar-refractivity contribution in [3.05, 3.63) is 83.6 Å². The average Bonchev–Trinajstić information content (AvgIpc) is 3.43. The van der Waals surface area contributed by atoms with Gasteiger partial charge in [-0.3, -0.25) is 4.40 Å². The molecule has 0 unspecified atom stereocenters. The summed E-state index contributed by atoms with van der Waals surface area (Å²) in [5.41, 5.74) is 6.29. The van der Waals surface area contributed by atoms with E-state index in [0.29, 0.717) is 25.3 Å². The second-order valence-electron chi connectivity index (χ2n) is 14.3. The molecule has 2 aromatic heterocycles. The molecule has 0 saturated carbocycles. The van der Waals surface area contributed by atoms with Crippen LogP contribution >= 0.6 is 0 Å². The number of anilines is 1. The van der Waals surface area contributed by atoms with E-state index >= 15 is 0 Å². The van der Waals surface area contributed by atoms with E-state index in [1.54, 1.807) is 0 Å². The Kier molecular flexibility index (Phi) is 8.94. The number of carboxylic acid groups (broad SMARTS) is 1. The summed E-state index contributed by atoms with van der Waals surface area (Å²) in [6.45, 7) is 15.9. The molecule has 248 valence electrons. The summed E-state index contributed by atoms with van der Waals surface area (Å²) in [5.74, 6) is 0.639. The number of benzene rings is 2. The van der Waals surface area contributed by atoms with Crippen LogP contribution in [0.5, 0.6) is 5.75 Å². The third kappa shape index (κ3) is 7.09. The lowest BCUT2D eigenvalue weighted by molar-refractivity contribution is -0.160. The van der Waals surface area contributed by atoms with Crippen LogP contribution in [0, 0.1) is 13.8 Å². The van der Waals surface area contributed by atoms with Crippen molar-refractivity contribution < 1.29 is 24.1 Å². The van der Waals surface area contributed by atoms with Gasteiger partial charge in [0.05, 0.1) is 29.6 Å². The average molecular weight is 638 g/mol. The molecule has 3 aliphatic heterocycles. The van der Waals surface area contributed by atoms with Gasteiger partial charge in [-0.1, -0.05) is 42.0 Å². The van der Waals surface area contributed by atoms with E-state index in [1.807, 2.05) is 40.0 Å². The highest BCUT2D eigenvalue weighted by Crippen LogP contribution is 2.40. The Bertz CT molecular complexity index is 1810. The van der Waals surface area contributed by atoms with Gasteiger partial charge in [-0.2, -0.15) is 0 Å². The Morgan fingerprint density at radius 3 is 2.53 bits per heavy atom. The minimum atomic E-state index is -1.15. The molecule has 0 amide bonds. The number of hydrogen-bond donors (Lipinski definition) is 1. The number of imidazole rings is 1. The Morgan fingerprint density at radius 1 is 1.06 bits per heavy atom. The summed E-state index contributed by atoms with van der Waals surface area (Å²) in [7, 11) is 0. The highest BCUT2D eigenvalue weighted by Gasteiger charge is 2.37. The molecule has 1 fully saturated rings. The van der Waals surface area contributed by atoms with E-state index in [4.69, 9.17) is 19.2 Å². The minimum Gasteiger partial charge on any atom is -0.490 e. The number of piperidine rings is 1. The normalized spacial score (nSPS) is 21.7. The standard InChI is InChI=1S/C39H47N3O5/c1-25-14-15-32-30(21-25)28-12-10-13-29(23-28)31-24-42-33(40-31)22-26(2)34(35(37(43)44)47-38(4,5)6)36(42)41-18-16-39(7,17-19-41)45-20-9-8-11-27(3)46-32/h8-10,12-15,21-24,27,35H,11,16-20H2,1-7H3,(H,43,44)/b9-8+/t27-,35+/m1/s1. The van der Waals surface area contributed by atoms with Gasteiger partial charge in [-0.05, 0) is 96.7 Å². The number of rotatable bonds is 3. The number of aryl methyl sites for hydroxylation is 2. The molecule has 0 aliphatic carbocycles. The van der Waals surface area contributed by atoms with E-state index < -0.39 is 17.7 Å². The SMILES string of the molecule is Cc1ccc2c(c1)-c1cccc(c1)-c1cn3c(c([C@H](OC(C)(C)C)C(=O)O)c(C)cc3n1)N1CCC(C)(CC1)OC/C=C/C[C@@H](C)O2. The maximum atomic E-state index is 12.8. The second-order valence-corrected chi connectivity index (χ2v) is 14.3. The number of aromatic nitrogens is 2. The van der Waals surface area contributed by atoms with Gasteiger partial charge in [0.15, 0.2) is 6.10 Å². The Hall–Kier alpha value is -4.14. The van der Waals surface area contributed by atoms with Crippen molar-refractivity contribution >= 4 is 17.4 Å². The number of aliphatic carboxylic acids is 1. The van der Waals surface area contributed by atoms with E-state index in [0.717, 1.165) is 70.0 Å². The number of fused-ring (bicyclic) bond motifs is 7. The molecule has 6 bridgehead atoms. The quantitative estimate of drug-likeness (QED) is 0.226. The zero-order valence-corrected chi connectivity index (χ0v) is 28.7. The van der Waals surface area contributed by atoms with Crippen molar-refractivity contribution in [2.24, 2.45) is 0 Å². The lowest BCUT2D eigenvalue weighted by Crippen LogP contribution is -2.45. The van der Waals surface area contributed by atoms with Gasteiger partial charge < -0.3 is 24.2 Å². The zero-order valence-electron chi connectivity index (χ0n) is 28.7. The summed E-state index contributed by atoms with van der Waals surface area (Å²) < 4.78 is 21.2. The lowest BCUT2D eigenvalue weighted by Gasteiger charge is -2.41. The molecular weight excluding hydrogens is 590 g/mol. The fourth-order valence-electron chi connectivity index (χ4n) is 6.64. The van der Waals surface area contributed by atoms with Crippen LogP contribution in [-0.2, 0) is 14.3 Å². The van der Waals surface area contributed by atoms with E-state index in [-0.39, 0.29) is 11.7 Å². The number of nitrogens with zero attached hydrogens (tertiary/aromatic N) is 3. The molecular formula is C39H47N3O5. The van der Waals surface area contributed by atoms with Crippen molar-refractivity contribution in [1.82, 2.24) is 9.38 Å². The molecule has 0 spiro atoms. The first-order chi connectivity index (χ1) is 22.3. The zero-order chi connectivity index (χ0) is 33.5. The molecule has 1 saturated heterocycles. The van der Waals surface area contributed by atoms with Gasteiger partial charge in [0.2, 0.25) is 0 Å². The van der Waals surface area contributed by atoms with Crippen LogP contribution in [0.15, 0.2) is 66.9 Å². The molecule has 8 heteroatoms. The molecule has 47 heavy (non-hydrogen) atoms. The molecule has 1 N–H and O–H groups in total. The summed E-state index contributed by atoms with van der Waals surface area (Å²) in [6.07, 6.45) is 7.48. The van der Waals surface area contributed by atoms with Crippen LogP contribution in [0.3, 0.4) is 0 Å². The van der Waals surface area contributed by atoms with Crippen LogP contribution in [0.1, 0.15) is 76.7 Å². The lowest BCUT2D eigenvalue weighted by atomic mass is 9.92. The third-order valence-electron chi connectivity index (χ3n) is 9.15. The molecule has 8 nitrogen and oxygen atoms in total. The van der Waals surface area contributed by atoms with Crippen LogP contribution in [0.25, 0.3) is 28.0 Å². The molecule has 0 radical (unpaired) electrons. The monoisotopic (exact) mass is 637 g/mol.